The lowest BCUT2D eigenvalue weighted by Gasteiger charge is -2.18. The van der Waals surface area contributed by atoms with E-state index in [0.29, 0.717) is 12.2 Å². The van der Waals surface area contributed by atoms with Crippen molar-refractivity contribution in [3.8, 4) is 0 Å². The van der Waals surface area contributed by atoms with E-state index in [1.54, 1.807) is 0 Å². The van der Waals surface area contributed by atoms with Crippen LogP contribution in [-0.4, -0.2) is 6.10 Å². The first-order chi connectivity index (χ1) is 10.2. The van der Waals surface area contributed by atoms with E-state index < -0.39 is 0 Å². The molecule has 0 radical (unpaired) electrons. The fraction of sp³-hybridized carbons (Fsp3) is 0.300. The van der Waals surface area contributed by atoms with Crippen LogP contribution in [0.2, 0.25) is 0 Å². The standard InChI is InChI=1S/C20H18O/c1-11-3-4-14-10-12(2)18-15(16(14)9-11)7-5-13-6-8-17-20(21-17)19(13)18/h3-5,7,9-10,17,20H,6,8H2,1-2H3. The lowest BCUT2D eigenvalue weighted by atomic mass is 9.84. The zero-order chi connectivity index (χ0) is 14.1. The molecule has 1 saturated heterocycles. The summed E-state index contributed by atoms with van der Waals surface area (Å²) in [4.78, 5) is 0. The molecule has 0 saturated carbocycles. The van der Waals surface area contributed by atoms with Gasteiger partial charge < -0.3 is 4.74 Å². The third kappa shape index (κ3) is 1.55. The summed E-state index contributed by atoms with van der Waals surface area (Å²) in [5.41, 5.74) is 5.68. The van der Waals surface area contributed by atoms with Crippen LogP contribution < -0.4 is 0 Å². The van der Waals surface area contributed by atoms with E-state index in [4.69, 9.17) is 4.74 Å². The van der Waals surface area contributed by atoms with Gasteiger partial charge in [0.25, 0.3) is 0 Å². The highest BCUT2D eigenvalue weighted by Crippen LogP contribution is 2.50. The van der Waals surface area contributed by atoms with Crippen LogP contribution in [0.5, 0.6) is 0 Å². The van der Waals surface area contributed by atoms with Gasteiger partial charge in [-0.15, -0.1) is 0 Å². The average Bonchev–Trinajstić information content (AvgIpc) is 3.27. The summed E-state index contributed by atoms with van der Waals surface area (Å²) in [5.74, 6) is 0. The highest BCUT2D eigenvalue weighted by Gasteiger charge is 2.45. The van der Waals surface area contributed by atoms with Crippen molar-refractivity contribution in [2.45, 2.75) is 38.9 Å². The third-order valence-corrected chi connectivity index (χ3v) is 5.17. The average molecular weight is 274 g/mol. The summed E-state index contributed by atoms with van der Waals surface area (Å²) >= 11 is 0. The summed E-state index contributed by atoms with van der Waals surface area (Å²) in [6.07, 6.45) is 3.20. The Kier molecular flexibility index (Phi) is 2.16. The van der Waals surface area contributed by atoms with E-state index in [1.165, 1.54) is 50.2 Å². The van der Waals surface area contributed by atoms with E-state index in [1.807, 2.05) is 0 Å². The van der Waals surface area contributed by atoms with Crippen LogP contribution in [0.25, 0.3) is 21.5 Å². The second kappa shape index (κ2) is 3.86. The van der Waals surface area contributed by atoms with Crippen LogP contribution in [0.1, 0.15) is 34.8 Å². The number of hydrogen-bond donors (Lipinski definition) is 0. The van der Waals surface area contributed by atoms with Crippen molar-refractivity contribution < 1.29 is 4.74 Å². The summed E-state index contributed by atoms with van der Waals surface area (Å²) < 4.78 is 5.90. The molecule has 104 valence electrons. The minimum atomic E-state index is 0.360. The first-order valence-corrected chi connectivity index (χ1v) is 7.83. The van der Waals surface area contributed by atoms with Gasteiger partial charge in [-0.2, -0.15) is 0 Å². The SMILES string of the molecule is Cc1ccc2cc(C)c3c4c(ccc3c2c1)CCC1OC41. The van der Waals surface area contributed by atoms with Crippen molar-refractivity contribution in [1.82, 2.24) is 0 Å². The predicted octanol–water partition coefficient (Wildman–Crippen LogP) is 5.00. The molecule has 0 spiro atoms. The highest BCUT2D eigenvalue weighted by molar-refractivity contribution is 6.10. The van der Waals surface area contributed by atoms with Gasteiger partial charge in [-0.25, -0.2) is 0 Å². The number of epoxide rings is 1. The van der Waals surface area contributed by atoms with E-state index in [2.05, 4.69) is 50.2 Å². The highest BCUT2D eigenvalue weighted by atomic mass is 16.6. The normalized spacial score (nSPS) is 23.1. The first-order valence-electron chi connectivity index (χ1n) is 7.83. The maximum atomic E-state index is 5.90. The van der Waals surface area contributed by atoms with Crippen LogP contribution >= 0.6 is 0 Å². The summed E-state index contributed by atoms with van der Waals surface area (Å²) in [7, 11) is 0. The molecule has 1 nitrogen and oxygen atoms in total. The molecule has 0 aromatic heterocycles. The van der Waals surface area contributed by atoms with Crippen LogP contribution in [0.4, 0.5) is 0 Å². The fourth-order valence-corrected chi connectivity index (χ4v) is 4.10. The Labute approximate surface area is 124 Å². The molecule has 1 heterocycles. The zero-order valence-electron chi connectivity index (χ0n) is 12.4. The number of benzene rings is 3. The summed E-state index contributed by atoms with van der Waals surface area (Å²) in [6.45, 7) is 4.41. The van der Waals surface area contributed by atoms with Gasteiger partial charge in [0.1, 0.15) is 6.10 Å². The largest absolute Gasteiger partial charge is 0.364 e. The van der Waals surface area contributed by atoms with Gasteiger partial charge in [0, 0.05) is 0 Å². The van der Waals surface area contributed by atoms with Gasteiger partial charge in [-0.3, -0.25) is 0 Å². The van der Waals surface area contributed by atoms with Gasteiger partial charge in [0.05, 0.1) is 6.10 Å². The van der Waals surface area contributed by atoms with Crippen LogP contribution in [0, 0.1) is 13.8 Å². The molecular formula is C20H18O. The van der Waals surface area contributed by atoms with Crippen LogP contribution in [0.3, 0.4) is 0 Å². The van der Waals surface area contributed by atoms with Crippen molar-refractivity contribution in [1.29, 1.82) is 0 Å². The van der Waals surface area contributed by atoms with Crippen molar-refractivity contribution in [2.75, 3.05) is 0 Å². The Bertz CT molecular complexity index is 907. The molecule has 2 unspecified atom stereocenters. The molecule has 21 heavy (non-hydrogen) atoms. The van der Waals surface area contributed by atoms with Crippen LogP contribution in [0.15, 0.2) is 36.4 Å². The molecule has 2 aliphatic rings. The monoisotopic (exact) mass is 274 g/mol. The molecule has 3 aromatic rings. The Morgan fingerprint density at radius 1 is 1.00 bits per heavy atom. The lowest BCUT2D eigenvalue weighted by molar-refractivity contribution is 0.373. The second-order valence-corrected chi connectivity index (χ2v) is 6.61. The van der Waals surface area contributed by atoms with Gasteiger partial charge in [0.15, 0.2) is 0 Å². The molecule has 0 amide bonds. The predicted molar refractivity (Wildman–Crippen MR) is 86.9 cm³/mol. The molecule has 1 heteroatoms. The number of hydrogen-bond acceptors (Lipinski definition) is 1. The molecular weight excluding hydrogens is 256 g/mol. The quantitative estimate of drug-likeness (QED) is 0.415. The molecule has 1 aliphatic heterocycles. The van der Waals surface area contributed by atoms with E-state index >= 15 is 0 Å². The summed E-state index contributed by atoms with van der Waals surface area (Å²) in [6, 6.07) is 13.8. The summed E-state index contributed by atoms with van der Waals surface area (Å²) in [5, 5.41) is 5.55. The van der Waals surface area contributed by atoms with Gasteiger partial charge in [0.2, 0.25) is 0 Å². The Balaban J connectivity index is 1.97. The van der Waals surface area contributed by atoms with Crippen LogP contribution in [-0.2, 0) is 11.2 Å². The Morgan fingerprint density at radius 3 is 2.81 bits per heavy atom. The number of fused-ring (bicyclic) bond motifs is 7. The van der Waals surface area contributed by atoms with Crippen molar-refractivity contribution >= 4 is 21.5 Å². The molecule has 0 N–H and O–H groups in total. The molecule has 1 aliphatic carbocycles. The van der Waals surface area contributed by atoms with Crippen molar-refractivity contribution in [3.63, 3.8) is 0 Å². The first kappa shape index (κ1) is 11.8. The third-order valence-electron chi connectivity index (χ3n) is 5.17. The van der Waals surface area contributed by atoms with E-state index in [9.17, 15) is 0 Å². The van der Waals surface area contributed by atoms with Crippen molar-refractivity contribution in [2.24, 2.45) is 0 Å². The topological polar surface area (TPSA) is 12.5 Å². The van der Waals surface area contributed by atoms with Gasteiger partial charge in [-0.05, 0) is 64.9 Å². The maximum Gasteiger partial charge on any atom is 0.110 e. The minimum absolute atomic E-state index is 0.360. The Hall–Kier alpha value is -1.86. The van der Waals surface area contributed by atoms with Crippen molar-refractivity contribution in [3.05, 3.63) is 58.7 Å². The smallest absolute Gasteiger partial charge is 0.110 e. The second-order valence-electron chi connectivity index (χ2n) is 6.61. The fourth-order valence-electron chi connectivity index (χ4n) is 4.10. The maximum absolute atomic E-state index is 5.90. The molecule has 2 atom stereocenters. The Morgan fingerprint density at radius 2 is 1.90 bits per heavy atom. The van der Waals surface area contributed by atoms with Gasteiger partial charge >= 0.3 is 0 Å². The number of ether oxygens (including phenoxy) is 1. The lowest BCUT2D eigenvalue weighted by Crippen LogP contribution is -2.05. The number of rotatable bonds is 0. The van der Waals surface area contributed by atoms with E-state index in [0.717, 1.165) is 6.42 Å². The van der Waals surface area contributed by atoms with Gasteiger partial charge in [-0.1, -0.05) is 42.0 Å². The molecule has 0 bridgehead atoms. The number of aryl methyl sites for hydroxylation is 3. The molecule has 1 fully saturated rings. The minimum Gasteiger partial charge on any atom is -0.364 e. The molecule has 5 rings (SSSR count). The molecule has 3 aromatic carbocycles. The van der Waals surface area contributed by atoms with E-state index in [-0.39, 0.29) is 0 Å². The zero-order valence-corrected chi connectivity index (χ0v) is 12.4.